The Labute approximate surface area is 153 Å². The summed E-state index contributed by atoms with van der Waals surface area (Å²) in [5.41, 5.74) is -0.454. The number of anilines is 2. The molecule has 0 saturated carbocycles. The molecule has 1 saturated heterocycles. The highest BCUT2D eigenvalue weighted by atomic mass is 19.4. The van der Waals surface area contributed by atoms with Crippen molar-refractivity contribution in [1.82, 2.24) is 9.55 Å². The molecule has 2 aliphatic heterocycles. The Morgan fingerprint density at radius 2 is 2.15 bits per heavy atom. The zero-order valence-electron chi connectivity index (χ0n) is 15.0. The van der Waals surface area contributed by atoms with E-state index in [2.05, 4.69) is 9.72 Å². The molecular formula is C16H21F3N4O4. The van der Waals surface area contributed by atoms with E-state index in [1.165, 1.54) is 10.6 Å². The van der Waals surface area contributed by atoms with Gasteiger partial charge in [-0.2, -0.15) is 18.2 Å². The topological polar surface area (TPSA) is 76.9 Å². The summed E-state index contributed by atoms with van der Waals surface area (Å²) in [5.74, 6) is -0.730. The molecule has 0 amide bonds. The number of nitrogens with zero attached hydrogens (tertiary/aromatic N) is 4. The summed E-state index contributed by atoms with van der Waals surface area (Å²) in [4.78, 5) is 31.2. The lowest BCUT2D eigenvalue weighted by atomic mass is 10.1. The van der Waals surface area contributed by atoms with Crippen LogP contribution in [0, 0.1) is 0 Å². The minimum atomic E-state index is -4.57. The van der Waals surface area contributed by atoms with Gasteiger partial charge in [0.25, 0.3) is 5.56 Å². The Balaban J connectivity index is 2.06. The van der Waals surface area contributed by atoms with Crippen LogP contribution in [-0.2, 0) is 20.8 Å². The Morgan fingerprint density at radius 3 is 2.78 bits per heavy atom. The van der Waals surface area contributed by atoms with E-state index in [4.69, 9.17) is 4.74 Å². The molecule has 1 aromatic heterocycles. The normalized spacial score (nSPS) is 23.1. The van der Waals surface area contributed by atoms with Crippen molar-refractivity contribution in [2.75, 3.05) is 43.2 Å². The van der Waals surface area contributed by atoms with Gasteiger partial charge in [-0.15, -0.1) is 0 Å². The van der Waals surface area contributed by atoms with Gasteiger partial charge in [0.15, 0.2) is 0 Å². The van der Waals surface area contributed by atoms with Crippen molar-refractivity contribution in [2.45, 2.75) is 38.1 Å². The van der Waals surface area contributed by atoms with Crippen LogP contribution in [0.1, 0.15) is 13.3 Å². The lowest BCUT2D eigenvalue weighted by Gasteiger charge is -2.39. The van der Waals surface area contributed by atoms with Crippen LogP contribution in [0.15, 0.2) is 10.9 Å². The highest BCUT2D eigenvalue weighted by Gasteiger charge is 2.47. The largest absolute Gasteiger partial charge is 0.468 e. The second-order valence-corrected chi connectivity index (χ2v) is 6.57. The zero-order valence-corrected chi connectivity index (χ0v) is 15.0. The number of alkyl halides is 3. The average Bonchev–Trinajstić information content (AvgIpc) is 2.61. The first kappa shape index (κ1) is 19.5. The predicted octanol–water partition coefficient (Wildman–Crippen LogP) is 0.782. The maximum absolute atomic E-state index is 13.5. The number of esters is 1. The Bertz CT molecular complexity index is 767. The molecular weight excluding hydrogens is 369 g/mol. The number of carbonyl (C=O) groups excluding carboxylic acids is 1. The van der Waals surface area contributed by atoms with Gasteiger partial charge in [0.05, 0.1) is 26.4 Å². The third-order valence-corrected chi connectivity index (χ3v) is 4.80. The lowest BCUT2D eigenvalue weighted by molar-refractivity contribution is -0.155. The van der Waals surface area contributed by atoms with Gasteiger partial charge in [-0.25, -0.2) is 0 Å². The van der Waals surface area contributed by atoms with Gasteiger partial charge >= 0.3 is 12.1 Å². The molecule has 2 atom stereocenters. The van der Waals surface area contributed by atoms with E-state index in [-0.39, 0.29) is 30.8 Å². The van der Waals surface area contributed by atoms with E-state index in [1.54, 1.807) is 0 Å². The summed E-state index contributed by atoms with van der Waals surface area (Å²) in [6.07, 6.45) is -4.92. The quantitative estimate of drug-likeness (QED) is 0.706. The minimum absolute atomic E-state index is 0.0789. The van der Waals surface area contributed by atoms with Gasteiger partial charge in [-0.1, -0.05) is 0 Å². The molecule has 2 aliphatic rings. The van der Waals surface area contributed by atoms with Crippen LogP contribution >= 0.6 is 0 Å². The van der Waals surface area contributed by atoms with Gasteiger partial charge in [0, 0.05) is 19.2 Å². The fraction of sp³-hybridized carbons (Fsp3) is 0.688. The number of aromatic nitrogens is 2. The molecule has 27 heavy (non-hydrogen) atoms. The predicted molar refractivity (Wildman–Crippen MR) is 89.9 cm³/mol. The average molecular weight is 390 g/mol. The van der Waals surface area contributed by atoms with E-state index in [1.807, 2.05) is 11.8 Å². The number of methoxy groups -OCH3 is 1. The van der Waals surface area contributed by atoms with E-state index in [9.17, 15) is 22.8 Å². The van der Waals surface area contributed by atoms with E-state index >= 15 is 0 Å². The number of fused-ring (bicyclic) bond motifs is 1. The molecule has 1 aromatic rings. The van der Waals surface area contributed by atoms with Gasteiger partial charge in [0.1, 0.15) is 18.4 Å². The smallest absolute Gasteiger partial charge is 0.408 e. The van der Waals surface area contributed by atoms with Crippen LogP contribution in [0.5, 0.6) is 0 Å². The molecule has 0 N–H and O–H groups in total. The molecule has 1 fully saturated rings. The Morgan fingerprint density at radius 1 is 1.41 bits per heavy atom. The first-order valence-electron chi connectivity index (χ1n) is 8.59. The number of morpholine rings is 1. The summed E-state index contributed by atoms with van der Waals surface area (Å²) in [6, 6.07) is -0.680. The SMILES string of the molecule is COC(=O)CN1c2nc(N3CCOC[C@H]3C)cc(=O)n2CC[C@H]1C(F)(F)F. The fourth-order valence-electron chi connectivity index (χ4n) is 3.40. The van der Waals surface area contributed by atoms with Gasteiger partial charge in [0.2, 0.25) is 5.95 Å². The number of rotatable bonds is 3. The maximum atomic E-state index is 13.5. The van der Waals surface area contributed by atoms with Crippen molar-refractivity contribution < 1.29 is 27.4 Å². The van der Waals surface area contributed by atoms with Crippen LogP contribution in [0.2, 0.25) is 0 Å². The Kier molecular flexibility index (Phi) is 5.31. The van der Waals surface area contributed by atoms with Gasteiger partial charge in [-0.05, 0) is 13.3 Å². The molecule has 0 unspecified atom stereocenters. The van der Waals surface area contributed by atoms with E-state index < -0.39 is 30.3 Å². The van der Waals surface area contributed by atoms with Crippen molar-refractivity contribution in [3.05, 3.63) is 16.4 Å². The number of hydrogen-bond donors (Lipinski definition) is 0. The van der Waals surface area contributed by atoms with Crippen molar-refractivity contribution in [3.8, 4) is 0 Å². The first-order valence-corrected chi connectivity index (χ1v) is 8.59. The molecule has 0 radical (unpaired) electrons. The van der Waals surface area contributed by atoms with Crippen LogP contribution in [0.3, 0.4) is 0 Å². The number of carbonyl (C=O) groups is 1. The maximum Gasteiger partial charge on any atom is 0.408 e. The monoisotopic (exact) mass is 390 g/mol. The summed E-state index contributed by atoms with van der Waals surface area (Å²) in [7, 11) is 1.10. The third-order valence-electron chi connectivity index (χ3n) is 4.80. The lowest BCUT2D eigenvalue weighted by Crippen LogP contribution is -2.54. The Hall–Kier alpha value is -2.30. The van der Waals surface area contributed by atoms with Crippen LogP contribution in [0.4, 0.5) is 24.9 Å². The molecule has 8 nitrogen and oxygen atoms in total. The van der Waals surface area contributed by atoms with Crippen LogP contribution in [-0.4, -0.2) is 67.2 Å². The number of hydrogen-bond acceptors (Lipinski definition) is 7. The molecule has 3 rings (SSSR count). The second-order valence-electron chi connectivity index (χ2n) is 6.57. The van der Waals surface area contributed by atoms with Crippen molar-refractivity contribution in [1.29, 1.82) is 0 Å². The van der Waals surface area contributed by atoms with E-state index in [0.717, 1.165) is 12.0 Å². The van der Waals surface area contributed by atoms with Gasteiger partial charge < -0.3 is 19.3 Å². The number of ether oxygens (including phenoxy) is 2. The molecule has 11 heteroatoms. The highest BCUT2D eigenvalue weighted by Crippen LogP contribution is 2.34. The summed E-state index contributed by atoms with van der Waals surface area (Å²) < 4.78 is 51.6. The zero-order chi connectivity index (χ0) is 19.8. The van der Waals surface area contributed by atoms with Crippen LogP contribution < -0.4 is 15.4 Å². The van der Waals surface area contributed by atoms with Crippen LogP contribution in [0.25, 0.3) is 0 Å². The molecule has 3 heterocycles. The summed E-state index contributed by atoms with van der Waals surface area (Å²) in [5, 5.41) is 0. The highest BCUT2D eigenvalue weighted by molar-refractivity contribution is 5.75. The number of halogens is 3. The van der Waals surface area contributed by atoms with Crippen molar-refractivity contribution >= 4 is 17.7 Å². The molecule has 0 aliphatic carbocycles. The van der Waals surface area contributed by atoms with Crippen molar-refractivity contribution in [3.63, 3.8) is 0 Å². The minimum Gasteiger partial charge on any atom is -0.468 e. The second kappa shape index (κ2) is 7.37. The van der Waals surface area contributed by atoms with Crippen molar-refractivity contribution in [2.24, 2.45) is 0 Å². The third kappa shape index (κ3) is 3.87. The molecule has 0 spiro atoms. The summed E-state index contributed by atoms with van der Waals surface area (Å²) >= 11 is 0. The summed E-state index contributed by atoms with van der Waals surface area (Å²) in [6.45, 7) is 2.44. The van der Waals surface area contributed by atoms with E-state index in [0.29, 0.717) is 19.8 Å². The fourth-order valence-corrected chi connectivity index (χ4v) is 3.40. The molecule has 0 bridgehead atoms. The first-order chi connectivity index (χ1) is 12.7. The molecule has 0 aromatic carbocycles. The standard InChI is InChI=1S/C16H21F3N4O4/c1-10-9-27-6-5-21(10)12-7-13(24)22-4-3-11(16(17,18)19)23(15(22)20-12)8-14(25)26-2/h7,10-11H,3-6,8-9H2,1-2H3/t10-,11+/m1/s1. The molecule has 150 valence electrons. The van der Waals surface area contributed by atoms with Gasteiger partial charge in [-0.3, -0.25) is 14.2 Å².